The molecule has 1 aliphatic heterocycles. The molecule has 1 unspecified atom stereocenters. The fourth-order valence-electron chi connectivity index (χ4n) is 2.50. The highest BCUT2D eigenvalue weighted by molar-refractivity contribution is 9.10. The SMILES string of the molecule is CCCNCC1CCN(c2ccc(C)c(Br)c2)C1. The Bertz CT molecular complexity index is 392. The minimum absolute atomic E-state index is 0.802. The van der Waals surface area contributed by atoms with E-state index >= 15 is 0 Å². The maximum absolute atomic E-state index is 3.62. The third-order valence-electron chi connectivity index (χ3n) is 3.67. The van der Waals surface area contributed by atoms with Gasteiger partial charge in [0.15, 0.2) is 0 Å². The van der Waals surface area contributed by atoms with Crippen molar-refractivity contribution in [3.05, 3.63) is 28.2 Å². The summed E-state index contributed by atoms with van der Waals surface area (Å²) in [5, 5.41) is 3.53. The van der Waals surface area contributed by atoms with Crippen LogP contribution >= 0.6 is 15.9 Å². The molecule has 1 aromatic rings. The van der Waals surface area contributed by atoms with Crippen molar-refractivity contribution in [2.24, 2.45) is 5.92 Å². The molecule has 3 heteroatoms. The number of anilines is 1. The van der Waals surface area contributed by atoms with Gasteiger partial charge in [-0.05, 0) is 56.5 Å². The normalized spacial score (nSPS) is 19.5. The Balaban J connectivity index is 1.89. The van der Waals surface area contributed by atoms with Gasteiger partial charge in [-0.3, -0.25) is 0 Å². The summed E-state index contributed by atoms with van der Waals surface area (Å²) in [6.07, 6.45) is 2.53. The van der Waals surface area contributed by atoms with E-state index in [-0.39, 0.29) is 0 Å². The zero-order valence-corrected chi connectivity index (χ0v) is 13.0. The van der Waals surface area contributed by atoms with Gasteiger partial charge in [-0.25, -0.2) is 0 Å². The predicted molar refractivity (Wildman–Crippen MR) is 82.4 cm³/mol. The summed E-state index contributed by atoms with van der Waals surface area (Å²) in [5.74, 6) is 0.802. The average Bonchev–Trinajstić information content (AvgIpc) is 2.82. The maximum atomic E-state index is 3.62. The Morgan fingerprint density at radius 2 is 2.28 bits per heavy atom. The van der Waals surface area contributed by atoms with Gasteiger partial charge in [0.2, 0.25) is 0 Å². The molecule has 1 N–H and O–H groups in total. The standard InChI is InChI=1S/C15H23BrN2/c1-3-7-17-10-13-6-8-18(11-13)14-5-4-12(2)15(16)9-14/h4-5,9,13,17H,3,6-8,10-11H2,1-2H3. The highest BCUT2D eigenvalue weighted by Gasteiger charge is 2.22. The fraction of sp³-hybridized carbons (Fsp3) is 0.600. The molecule has 1 aliphatic rings. The fourth-order valence-corrected chi connectivity index (χ4v) is 2.86. The molecule has 0 radical (unpaired) electrons. The first-order chi connectivity index (χ1) is 8.70. The van der Waals surface area contributed by atoms with E-state index in [2.05, 4.69) is 58.2 Å². The van der Waals surface area contributed by atoms with E-state index in [4.69, 9.17) is 0 Å². The van der Waals surface area contributed by atoms with Gasteiger partial charge in [0.05, 0.1) is 0 Å². The van der Waals surface area contributed by atoms with Crippen molar-refractivity contribution in [1.82, 2.24) is 5.32 Å². The molecule has 1 heterocycles. The van der Waals surface area contributed by atoms with Crippen molar-refractivity contribution >= 4 is 21.6 Å². The van der Waals surface area contributed by atoms with Crippen molar-refractivity contribution in [3.63, 3.8) is 0 Å². The van der Waals surface area contributed by atoms with Crippen molar-refractivity contribution in [3.8, 4) is 0 Å². The van der Waals surface area contributed by atoms with Gasteiger partial charge in [0.25, 0.3) is 0 Å². The van der Waals surface area contributed by atoms with Gasteiger partial charge in [0, 0.05) is 23.2 Å². The average molecular weight is 311 g/mol. The number of aryl methyl sites for hydroxylation is 1. The summed E-state index contributed by atoms with van der Waals surface area (Å²) in [6.45, 7) is 9.04. The van der Waals surface area contributed by atoms with E-state index in [1.54, 1.807) is 0 Å². The smallest absolute Gasteiger partial charge is 0.0377 e. The summed E-state index contributed by atoms with van der Waals surface area (Å²) >= 11 is 3.62. The Hall–Kier alpha value is -0.540. The number of rotatable bonds is 5. The third-order valence-corrected chi connectivity index (χ3v) is 4.52. The van der Waals surface area contributed by atoms with Gasteiger partial charge < -0.3 is 10.2 Å². The van der Waals surface area contributed by atoms with Crippen LogP contribution in [0.15, 0.2) is 22.7 Å². The van der Waals surface area contributed by atoms with E-state index in [1.165, 1.54) is 41.7 Å². The van der Waals surface area contributed by atoms with E-state index in [0.29, 0.717) is 0 Å². The minimum atomic E-state index is 0.802. The molecule has 0 saturated carbocycles. The molecule has 100 valence electrons. The molecule has 1 aromatic carbocycles. The molecule has 0 aliphatic carbocycles. The van der Waals surface area contributed by atoms with Crippen LogP contribution in [0.2, 0.25) is 0 Å². The predicted octanol–water partition coefficient (Wildman–Crippen LogP) is 3.58. The monoisotopic (exact) mass is 310 g/mol. The lowest BCUT2D eigenvalue weighted by Crippen LogP contribution is -2.26. The molecule has 0 spiro atoms. The molecular weight excluding hydrogens is 288 g/mol. The first-order valence-corrected chi connectivity index (χ1v) is 7.72. The minimum Gasteiger partial charge on any atom is -0.371 e. The molecular formula is C15H23BrN2. The molecule has 0 amide bonds. The maximum Gasteiger partial charge on any atom is 0.0377 e. The lowest BCUT2D eigenvalue weighted by molar-refractivity contribution is 0.516. The number of hydrogen-bond donors (Lipinski definition) is 1. The first kappa shape index (κ1) is 13.9. The van der Waals surface area contributed by atoms with Gasteiger partial charge in [0.1, 0.15) is 0 Å². The Kier molecular flexibility index (Phi) is 5.07. The number of benzene rings is 1. The van der Waals surface area contributed by atoms with Crippen LogP contribution in [0.4, 0.5) is 5.69 Å². The lowest BCUT2D eigenvalue weighted by Gasteiger charge is -2.19. The number of hydrogen-bond acceptors (Lipinski definition) is 2. The Labute approximate surface area is 119 Å². The molecule has 2 rings (SSSR count). The quantitative estimate of drug-likeness (QED) is 0.836. The Morgan fingerprint density at radius 1 is 1.44 bits per heavy atom. The van der Waals surface area contributed by atoms with Crippen LogP contribution in [0.5, 0.6) is 0 Å². The van der Waals surface area contributed by atoms with Crippen LogP contribution in [0.1, 0.15) is 25.3 Å². The second-order valence-corrected chi connectivity index (χ2v) is 6.09. The summed E-state index contributed by atoms with van der Waals surface area (Å²) in [5.41, 5.74) is 2.66. The first-order valence-electron chi connectivity index (χ1n) is 6.92. The van der Waals surface area contributed by atoms with E-state index in [9.17, 15) is 0 Å². The van der Waals surface area contributed by atoms with E-state index in [1.807, 2.05) is 0 Å². The number of nitrogens with one attached hydrogen (secondary N) is 1. The second kappa shape index (κ2) is 6.58. The van der Waals surface area contributed by atoms with Crippen molar-refractivity contribution in [2.75, 3.05) is 31.1 Å². The molecule has 18 heavy (non-hydrogen) atoms. The summed E-state index contributed by atoms with van der Waals surface area (Å²) < 4.78 is 1.22. The van der Waals surface area contributed by atoms with Crippen LogP contribution in [-0.4, -0.2) is 26.2 Å². The number of halogens is 1. The molecule has 1 saturated heterocycles. The molecule has 0 aromatic heterocycles. The van der Waals surface area contributed by atoms with Crippen LogP contribution in [-0.2, 0) is 0 Å². The van der Waals surface area contributed by atoms with Crippen LogP contribution < -0.4 is 10.2 Å². The zero-order chi connectivity index (χ0) is 13.0. The summed E-state index contributed by atoms with van der Waals surface area (Å²) in [6, 6.07) is 6.68. The lowest BCUT2D eigenvalue weighted by atomic mass is 10.1. The van der Waals surface area contributed by atoms with Crippen molar-refractivity contribution in [1.29, 1.82) is 0 Å². The summed E-state index contributed by atoms with van der Waals surface area (Å²) in [4.78, 5) is 2.50. The molecule has 0 bridgehead atoms. The van der Waals surface area contributed by atoms with Crippen LogP contribution in [0, 0.1) is 12.8 Å². The Morgan fingerprint density at radius 3 is 3.00 bits per heavy atom. The second-order valence-electron chi connectivity index (χ2n) is 5.24. The van der Waals surface area contributed by atoms with Gasteiger partial charge >= 0.3 is 0 Å². The van der Waals surface area contributed by atoms with Crippen LogP contribution in [0.3, 0.4) is 0 Å². The topological polar surface area (TPSA) is 15.3 Å². The molecule has 2 nitrogen and oxygen atoms in total. The molecule has 1 atom stereocenters. The van der Waals surface area contributed by atoms with Crippen molar-refractivity contribution in [2.45, 2.75) is 26.7 Å². The highest BCUT2D eigenvalue weighted by atomic mass is 79.9. The largest absolute Gasteiger partial charge is 0.371 e. The van der Waals surface area contributed by atoms with Gasteiger partial charge in [-0.2, -0.15) is 0 Å². The van der Waals surface area contributed by atoms with E-state index in [0.717, 1.165) is 19.0 Å². The summed E-state index contributed by atoms with van der Waals surface area (Å²) in [7, 11) is 0. The molecule has 1 fully saturated rings. The van der Waals surface area contributed by atoms with Gasteiger partial charge in [-0.15, -0.1) is 0 Å². The van der Waals surface area contributed by atoms with Crippen molar-refractivity contribution < 1.29 is 0 Å². The number of nitrogens with zero attached hydrogens (tertiary/aromatic N) is 1. The van der Waals surface area contributed by atoms with Gasteiger partial charge in [-0.1, -0.05) is 28.9 Å². The van der Waals surface area contributed by atoms with Crippen LogP contribution in [0.25, 0.3) is 0 Å². The third kappa shape index (κ3) is 3.48. The highest BCUT2D eigenvalue weighted by Crippen LogP contribution is 2.27. The van der Waals surface area contributed by atoms with E-state index < -0.39 is 0 Å². The zero-order valence-electron chi connectivity index (χ0n) is 11.4.